The highest BCUT2D eigenvalue weighted by Gasteiger charge is 2.48. The number of Topliss-reactive ketones (excluding diaryl/α,β-unsaturated/α-hetero) is 1. The lowest BCUT2D eigenvalue weighted by Crippen LogP contribution is -2.46. The molecule has 0 spiro atoms. The highest BCUT2D eigenvalue weighted by atomic mass is 16.1. The molecule has 0 bridgehead atoms. The number of carbonyl (C=O) groups excluding carboxylic acids is 1. The first-order valence-corrected chi connectivity index (χ1v) is 6.01. The van der Waals surface area contributed by atoms with E-state index in [1.165, 1.54) is 19.3 Å². The van der Waals surface area contributed by atoms with Gasteiger partial charge in [-0.3, -0.25) is 9.69 Å². The van der Waals surface area contributed by atoms with Gasteiger partial charge < -0.3 is 0 Å². The van der Waals surface area contributed by atoms with Gasteiger partial charge in [0.05, 0.1) is 0 Å². The molecule has 1 aliphatic heterocycles. The van der Waals surface area contributed by atoms with Gasteiger partial charge in [-0.25, -0.2) is 0 Å². The number of fused-ring (bicyclic) bond motifs is 1. The monoisotopic (exact) mass is 193 g/mol. The first-order chi connectivity index (χ1) is 6.74. The Hall–Kier alpha value is -0.370. The summed E-state index contributed by atoms with van der Waals surface area (Å²) in [4.78, 5) is 13.9. The van der Waals surface area contributed by atoms with Crippen molar-refractivity contribution in [3.63, 3.8) is 0 Å². The van der Waals surface area contributed by atoms with Crippen LogP contribution in [0.4, 0.5) is 0 Å². The summed E-state index contributed by atoms with van der Waals surface area (Å²) in [6.45, 7) is 3.26. The van der Waals surface area contributed by atoms with Gasteiger partial charge in [0.15, 0.2) is 0 Å². The molecule has 14 heavy (non-hydrogen) atoms. The van der Waals surface area contributed by atoms with Gasteiger partial charge in [-0.2, -0.15) is 0 Å². The Bertz CT molecular complexity index is 253. The van der Waals surface area contributed by atoms with Crippen molar-refractivity contribution in [2.45, 2.75) is 51.1 Å². The predicted molar refractivity (Wildman–Crippen MR) is 55.0 cm³/mol. The largest absolute Gasteiger partial charge is 0.300 e. The minimum absolute atomic E-state index is 0.469. The van der Waals surface area contributed by atoms with Crippen LogP contribution < -0.4 is 0 Å². The van der Waals surface area contributed by atoms with Crippen LogP contribution in [-0.4, -0.2) is 29.3 Å². The Morgan fingerprint density at radius 1 is 1.21 bits per heavy atom. The Morgan fingerprint density at radius 2 is 1.93 bits per heavy atom. The highest BCUT2D eigenvalue weighted by molar-refractivity contribution is 5.79. The van der Waals surface area contributed by atoms with E-state index in [0.29, 0.717) is 11.8 Å². The average Bonchev–Trinajstić information content (AvgIpc) is 2.74. The van der Waals surface area contributed by atoms with Gasteiger partial charge in [-0.05, 0) is 38.0 Å². The molecule has 3 atom stereocenters. The smallest absolute Gasteiger partial charge is 0.135 e. The molecule has 0 radical (unpaired) electrons. The molecule has 2 saturated carbocycles. The molecular formula is C12H19NO. The summed E-state index contributed by atoms with van der Waals surface area (Å²) >= 11 is 0. The van der Waals surface area contributed by atoms with Crippen LogP contribution in [-0.2, 0) is 4.79 Å². The number of rotatable bonds is 1. The minimum Gasteiger partial charge on any atom is -0.300 e. The fourth-order valence-electron chi connectivity index (χ4n) is 3.52. The molecule has 0 aromatic rings. The zero-order chi connectivity index (χ0) is 9.71. The van der Waals surface area contributed by atoms with Crippen molar-refractivity contribution < 1.29 is 4.79 Å². The van der Waals surface area contributed by atoms with Crippen LogP contribution in [0.5, 0.6) is 0 Å². The molecule has 1 heterocycles. The van der Waals surface area contributed by atoms with Crippen LogP contribution in [0.1, 0.15) is 39.0 Å². The lowest BCUT2D eigenvalue weighted by Gasteiger charge is -2.38. The molecule has 0 N–H and O–H groups in total. The summed E-state index contributed by atoms with van der Waals surface area (Å²) in [6, 6.07) is 1.33. The molecule has 3 aliphatic rings. The number of hydrogen-bond donors (Lipinski definition) is 0. The van der Waals surface area contributed by atoms with E-state index in [1.54, 1.807) is 0 Å². The standard InChI is InChI=1S/C12H19NO/c1-8-4-12(14)2-3-13(8)11-6-9-5-10(9)7-11/h8-11H,2-7H2,1H3. The van der Waals surface area contributed by atoms with Crippen LogP contribution >= 0.6 is 0 Å². The zero-order valence-corrected chi connectivity index (χ0v) is 8.91. The van der Waals surface area contributed by atoms with Gasteiger partial charge >= 0.3 is 0 Å². The molecule has 0 aromatic carbocycles. The second kappa shape index (κ2) is 3.06. The summed E-state index contributed by atoms with van der Waals surface area (Å²) in [5.74, 6) is 2.59. The summed E-state index contributed by atoms with van der Waals surface area (Å²) in [5.41, 5.74) is 0. The Balaban J connectivity index is 1.64. The third-order valence-electron chi connectivity index (χ3n) is 4.43. The molecule has 1 saturated heterocycles. The third-order valence-corrected chi connectivity index (χ3v) is 4.43. The van der Waals surface area contributed by atoms with Crippen molar-refractivity contribution in [1.82, 2.24) is 4.90 Å². The number of carbonyl (C=O) groups is 1. The Morgan fingerprint density at radius 3 is 2.57 bits per heavy atom. The van der Waals surface area contributed by atoms with E-state index in [0.717, 1.165) is 37.3 Å². The van der Waals surface area contributed by atoms with E-state index in [2.05, 4.69) is 11.8 Å². The molecule has 0 amide bonds. The molecule has 3 fully saturated rings. The van der Waals surface area contributed by atoms with Gasteiger partial charge in [0.25, 0.3) is 0 Å². The summed E-state index contributed by atoms with van der Waals surface area (Å²) in [6.07, 6.45) is 5.94. The van der Waals surface area contributed by atoms with Crippen molar-refractivity contribution in [2.24, 2.45) is 11.8 Å². The minimum atomic E-state index is 0.469. The summed E-state index contributed by atoms with van der Waals surface area (Å²) in [5, 5.41) is 0. The van der Waals surface area contributed by atoms with E-state index in [-0.39, 0.29) is 0 Å². The maximum absolute atomic E-state index is 11.3. The van der Waals surface area contributed by atoms with E-state index in [4.69, 9.17) is 0 Å². The maximum atomic E-state index is 11.3. The van der Waals surface area contributed by atoms with E-state index < -0.39 is 0 Å². The molecule has 2 nitrogen and oxygen atoms in total. The summed E-state index contributed by atoms with van der Waals surface area (Å²) in [7, 11) is 0. The van der Waals surface area contributed by atoms with Gasteiger partial charge in [0, 0.05) is 31.5 Å². The lowest BCUT2D eigenvalue weighted by atomic mass is 9.98. The van der Waals surface area contributed by atoms with Crippen molar-refractivity contribution >= 4 is 5.78 Å². The van der Waals surface area contributed by atoms with Crippen molar-refractivity contribution in [1.29, 1.82) is 0 Å². The average molecular weight is 193 g/mol. The SMILES string of the molecule is CC1CC(=O)CCN1C1CC2CC2C1. The Kier molecular flexibility index (Phi) is 1.94. The number of piperidine rings is 1. The lowest BCUT2D eigenvalue weighted by molar-refractivity contribution is -0.123. The first-order valence-electron chi connectivity index (χ1n) is 6.01. The molecule has 78 valence electrons. The number of ketones is 1. The van der Waals surface area contributed by atoms with E-state index in [9.17, 15) is 4.79 Å². The van der Waals surface area contributed by atoms with Gasteiger partial charge in [-0.1, -0.05) is 0 Å². The topological polar surface area (TPSA) is 20.3 Å². The predicted octanol–water partition coefficient (Wildman–Crippen LogP) is 1.84. The molecule has 0 aromatic heterocycles. The quantitative estimate of drug-likeness (QED) is 0.633. The van der Waals surface area contributed by atoms with Gasteiger partial charge in [0.2, 0.25) is 0 Å². The van der Waals surface area contributed by atoms with Crippen LogP contribution in [0.3, 0.4) is 0 Å². The molecule has 3 unspecified atom stereocenters. The van der Waals surface area contributed by atoms with Gasteiger partial charge in [0.1, 0.15) is 5.78 Å². The second-order valence-electron chi connectivity index (χ2n) is 5.46. The van der Waals surface area contributed by atoms with E-state index >= 15 is 0 Å². The number of nitrogens with zero attached hydrogens (tertiary/aromatic N) is 1. The van der Waals surface area contributed by atoms with Gasteiger partial charge in [-0.15, -0.1) is 0 Å². The van der Waals surface area contributed by atoms with Crippen molar-refractivity contribution in [3.8, 4) is 0 Å². The van der Waals surface area contributed by atoms with E-state index in [1.807, 2.05) is 0 Å². The maximum Gasteiger partial charge on any atom is 0.135 e. The molecular weight excluding hydrogens is 174 g/mol. The number of hydrogen-bond acceptors (Lipinski definition) is 2. The zero-order valence-electron chi connectivity index (χ0n) is 8.91. The highest BCUT2D eigenvalue weighted by Crippen LogP contribution is 2.53. The normalized spacial score (nSPS) is 47.9. The summed E-state index contributed by atoms with van der Waals surface area (Å²) < 4.78 is 0. The fraction of sp³-hybridized carbons (Fsp3) is 0.917. The van der Waals surface area contributed by atoms with Crippen molar-refractivity contribution in [2.75, 3.05) is 6.54 Å². The van der Waals surface area contributed by atoms with Crippen LogP contribution in [0.2, 0.25) is 0 Å². The fourth-order valence-corrected chi connectivity index (χ4v) is 3.52. The van der Waals surface area contributed by atoms with Crippen molar-refractivity contribution in [3.05, 3.63) is 0 Å². The first kappa shape index (κ1) is 8.90. The van der Waals surface area contributed by atoms with Crippen LogP contribution in [0.25, 0.3) is 0 Å². The Labute approximate surface area is 85.7 Å². The molecule has 3 rings (SSSR count). The second-order valence-corrected chi connectivity index (χ2v) is 5.46. The molecule has 2 aliphatic carbocycles. The molecule has 2 heteroatoms. The third kappa shape index (κ3) is 1.40. The van der Waals surface area contributed by atoms with Crippen LogP contribution in [0.15, 0.2) is 0 Å². The van der Waals surface area contributed by atoms with Crippen LogP contribution in [0, 0.1) is 11.8 Å². The number of likely N-dealkylation sites (tertiary alicyclic amines) is 1.